The molecule has 0 aromatic carbocycles. The molecular formula is C11H13N5O2. The van der Waals surface area contributed by atoms with Crippen LogP contribution in [0.4, 0.5) is 0 Å². The third kappa shape index (κ3) is 2.03. The lowest BCUT2D eigenvalue weighted by atomic mass is 10.0. The molecule has 0 radical (unpaired) electrons. The van der Waals surface area contributed by atoms with Gasteiger partial charge < -0.3 is 16.5 Å². The molecule has 94 valence electrons. The van der Waals surface area contributed by atoms with Gasteiger partial charge in [-0.05, 0) is 24.6 Å². The molecule has 7 nitrogen and oxygen atoms in total. The lowest BCUT2D eigenvalue weighted by Crippen LogP contribution is -2.30. The number of rotatable bonds is 4. The number of aldehydes is 1. The Balaban J connectivity index is 2.56. The van der Waals surface area contributed by atoms with Gasteiger partial charge in [0, 0.05) is 11.8 Å². The topological polar surface area (TPSA) is 126 Å². The number of H-pyrrole nitrogens is 1. The Morgan fingerprint density at radius 1 is 1.50 bits per heavy atom. The summed E-state index contributed by atoms with van der Waals surface area (Å²) in [5.74, 6) is -0.332. The fraction of sp³-hybridized carbons (Fsp3) is 0.182. The summed E-state index contributed by atoms with van der Waals surface area (Å²) >= 11 is 0. The number of hydrogen-bond acceptors (Lipinski definition) is 5. The van der Waals surface area contributed by atoms with E-state index in [-0.39, 0.29) is 17.6 Å². The van der Waals surface area contributed by atoms with Gasteiger partial charge in [-0.2, -0.15) is 0 Å². The monoisotopic (exact) mass is 247 g/mol. The van der Waals surface area contributed by atoms with Crippen molar-refractivity contribution >= 4 is 23.7 Å². The smallest absolute Gasteiger partial charge is 0.277 e. The maximum absolute atomic E-state index is 11.7. The lowest BCUT2D eigenvalue weighted by Gasteiger charge is -2.06. The van der Waals surface area contributed by atoms with E-state index >= 15 is 0 Å². The molecule has 1 aliphatic heterocycles. The van der Waals surface area contributed by atoms with Crippen molar-refractivity contribution in [1.29, 1.82) is 0 Å². The summed E-state index contributed by atoms with van der Waals surface area (Å²) < 4.78 is 0. The highest BCUT2D eigenvalue weighted by atomic mass is 16.2. The summed E-state index contributed by atoms with van der Waals surface area (Å²) in [6.45, 7) is 0.338. The van der Waals surface area contributed by atoms with E-state index in [1.165, 1.54) is 0 Å². The number of aromatic amines is 1. The molecule has 2 heterocycles. The highest BCUT2D eigenvalue weighted by molar-refractivity contribution is 6.15. The fourth-order valence-electron chi connectivity index (χ4n) is 1.85. The zero-order valence-corrected chi connectivity index (χ0v) is 9.56. The first-order valence-corrected chi connectivity index (χ1v) is 5.39. The Bertz CT molecular complexity index is 556. The highest BCUT2D eigenvalue weighted by Crippen LogP contribution is 2.26. The van der Waals surface area contributed by atoms with Gasteiger partial charge in [0.05, 0.1) is 5.69 Å². The SMILES string of the molecule is NCC/C(=C1\N=C(N)NC1=O)c1cc[nH]c1C=O. The van der Waals surface area contributed by atoms with Crippen molar-refractivity contribution in [2.45, 2.75) is 6.42 Å². The lowest BCUT2D eigenvalue weighted by molar-refractivity contribution is -0.115. The molecule has 0 bridgehead atoms. The van der Waals surface area contributed by atoms with Gasteiger partial charge in [0.25, 0.3) is 5.91 Å². The second-order valence-corrected chi connectivity index (χ2v) is 3.74. The van der Waals surface area contributed by atoms with Gasteiger partial charge in [-0.15, -0.1) is 0 Å². The number of carbonyl (C=O) groups excluding carboxylic acids is 2. The van der Waals surface area contributed by atoms with Crippen molar-refractivity contribution in [2.75, 3.05) is 6.54 Å². The molecular weight excluding hydrogens is 234 g/mol. The van der Waals surface area contributed by atoms with Crippen LogP contribution in [0.2, 0.25) is 0 Å². The third-order valence-electron chi connectivity index (χ3n) is 2.59. The van der Waals surface area contributed by atoms with Gasteiger partial charge in [-0.1, -0.05) is 0 Å². The molecule has 1 aromatic rings. The molecule has 1 aromatic heterocycles. The molecule has 0 saturated carbocycles. The maximum Gasteiger partial charge on any atom is 0.277 e. The van der Waals surface area contributed by atoms with Gasteiger partial charge in [0.15, 0.2) is 6.29 Å². The zero-order chi connectivity index (χ0) is 13.1. The standard InChI is InChI=1S/C11H13N5O2/c12-3-1-7(6-2-4-14-8(6)5-17)9-10(18)16-11(13)15-9/h2,4-5,14H,1,3,12H2,(H3,13,15,16,18)/b9-7+. The van der Waals surface area contributed by atoms with Crippen LogP contribution in [0.25, 0.3) is 5.57 Å². The predicted molar refractivity (Wildman–Crippen MR) is 66.5 cm³/mol. The fourth-order valence-corrected chi connectivity index (χ4v) is 1.85. The molecule has 7 heteroatoms. The largest absolute Gasteiger partial charge is 0.369 e. The molecule has 18 heavy (non-hydrogen) atoms. The quantitative estimate of drug-likeness (QED) is 0.415. The van der Waals surface area contributed by atoms with Crippen LogP contribution < -0.4 is 16.8 Å². The number of aromatic nitrogens is 1. The first-order valence-electron chi connectivity index (χ1n) is 5.39. The van der Waals surface area contributed by atoms with Crippen LogP contribution >= 0.6 is 0 Å². The van der Waals surface area contributed by atoms with Crippen LogP contribution in [0.3, 0.4) is 0 Å². The summed E-state index contributed by atoms with van der Waals surface area (Å²) in [7, 11) is 0. The Morgan fingerprint density at radius 2 is 2.28 bits per heavy atom. The van der Waals surface area contributed by atoms with Crippen molar-refractivity contribution in [1.82, 2.24) is 10.3 Å². The molecule has 0 spiro atoms. The summed E-state index contributed by atoms with van der Waals surface area (Å²) in [5.41, 5.74) is 12.8. The van der Waals surface area contributed by atoms with E-state index in [0.717, 1.165) is 0 Å². The first kappa shape index (κ1) is 12.1. The van der Waals surface area contributed by atoms with Gasteiger partial charge in [-0.3, -0.25) is 14.9 Å². The number of nitrogens with zero attached hydrogens (tertiary/aromatic N) is 1. The van der Waals surface area contributed by atoms with E-state index in [0.29, 0.717) is 36.1 Å². The normalized spacial score (nSPS) is 17.4. The Kier molecular flexibility index (Phi) is 3.24. The van der Waals surface area contributed by atoms with Crippen molar-refractivity contribution in [3.05, 3.63) is 29.2 Å². The number of amides is 1. The number of nitrogens with one attached hydrogen (secondary N) is 2. The second-order valence-electron chi connectivity index (χ2n) is 3.74. The van der Waals surface area contributed by atoms with Gasteiger partial charge in [-0.25, -0.2) is 4.99 Å². The van der Waals surface area contributed by atoms with E-state index in [2.05, 4.69) is 15.3 Å². The van der Waals surface area contributed by atoms with Crippen molar-refractivity contribution in [3.8, 4) is 0 Å². The van der Waals surface area contributed by atoms with Gasteiger partial charge >= 0.3 is 0 Å². The Morgan fingerprint density at radius 3 is 2.83 bits per heavy atom. The second kappa shape index (κ2) is 4.84. The predicted octanol–water partition coefficient (Wildman–Crippen LogP) is -0.668. The first-order chi connectivity index (χ1) is 8.67. The Labute approximate surface area is 103 Å². The summed E-state index contributed by atoms with van der Waals surface area (Å²) in [5, 5.41) is 2.40. The molecule has 1 amide bonds. The molecule has 1 aliphatic rings. The van der Waals surface area contributed by atoms with E-state index in [9.17, 15) is 9.59 Å². The van der Waals surface area contributed by atoms with Crippen LogP contribution in [0.15, 0.2) is 23.0 Å². The van der Waals surface area contributed by atoms with Crippen LogP contribution in [-0.2, 0) is 4.79 Å². The van der Waals surface area contributed by atoms with Crippen molar-refractivity contribution < 1.29 is 9.59 Å². The molecule has 0 fully saturated rings. The minimum atomic E-state index is -0.381. The van der Waals surface area contributed by atoms with Gasteiger partial charge in [0.1, 0.15) is 5.70 Å². The molecule has 0 unspecified atom stereocenters. The minimum absolute atomic E-state index is 0.0488. The van der Waals surface area contributed by atoms with Crippen LogP contribution in [0.1, 0.15) is 22.5 Å². The van der Waals surface area contributed by atoms with Crippen molar-refractivity contribution in [2.24, 2.45) is 16.5 Å². The number of aliphatic imine (C=N–C) groups is 1. The number of guanidine groups is 1. The van der Waals surface area contributed by atoms with E-state index in [4.69, 9.17) is 11.5 Å². The van der Waals surface area contributed by atoms with E-state index in [1.807, 2.05) is 0 Å². The van der Waals surface area contributed by atoms with Crippen LogP contribution in [0, 0.1) is 0 Å². The van der Waals surface area contributed by atoms with Crippen LogP contribution in [0.5, 0.6) is 0 Å². The summed E-state index contributed by atoms with van der Waals surface area (Å²) in [4.78, 5) is 29.3. The average molecular weight is 247 g/mol. The molecule has 0 saturated heterocycles. The average Bonchev–Trinajstić information content (AvgIpc) is 2.92. The van der Waals surface area contributed by atoms with E-state index < -0.39 is 0 Å². The number of hydrogen-bond donors (Lipinski definition) is 4. The molecule has 2 rings (SSSR count). The Hall–Kier alpha value is -2.41. The van der Waals surface area contributed by atoms with Crippen LogP contribution in [-0.4, -0.2) is 29.7 Å². The molecule has 0 atom stereocenters. The highest BCUT2D eigenvalue weighted by Gasteiger charge is 2.24. The zero-order valence-electron chi connectivity index (χ0n) is 9.56. The van der Waals surface area contributed by atoms with Crippen molar-refractivity contribution in [3.63, 3.8) is 0 Å². The van der Waals surface area contributed by atoms with Gasteiger partial charge in [0.2, 0.25) is 5.96 Å². The maximum atomic E-state index is 11.7. The number of nitrogens with two attached hydrogens (primary N) is 2. The molecule has 0 aliphatic carbocycles. The molecule has 6 N–H and O–H groups in total. The number of carbonyl (C=O) groups is 2. The third-order valence-corrected chi connectivity index (χ3v) is 2.59. The van der Waals surface area contributed by atoms with E-state index in [1.54, 1.807) is 12.3 Å². The summed E-state index contributed by atoms with van der Waals surface area (Å²) in [6.07, 6.45) is 2.74. The summed E-state index contributed by atoms with van der Waals surface area (Å²) in [6, 6.07) is 1.71. The minimum Gasteiger partial charge on any atom is -0.369 e.